The molecule has 0 heterocycles. The fourth-order valence-corrected chi connectivity index (χ4v) is 3.02. The van der Waals surface area contributed by atoms with Crippen LogP contribution < -0.4 is 9.39 Å². The quantitative estimate of drug-likeness (QED) is 0.375. The fourth-order valence-electron chi connectivity index (χ4n) is 3.02. The second-order valence-corrected chi connectivity index (χ2v) is 6.82. The van der Waals surface area contributed by atoms with E-state index < -0.39 is 7.32 Å². The maximum atomic E-state index is 8.80. The Morgan fingerprint density at radius 3 is 1.67 bits per heavy atom. The molecule has 2 aromatic rings. The Kier molecular flexibility index (Phi) is 9.81. The van der Waals surface area contributed by atoms with Crippen molar-refractivity contribution in [2.45, 2.75) is 58.3 Å². The molecule has 0 aliphatic heterocycles. The van der Waals surface area contributed by atoms with Crippen LogP contribution in [-0.4, -0.2) is 24.0 Å². The number of hydrogen-bond acceptors (Lipinski definition) is 4. The molecule has 4 nitrogen and oxygen atoms in total. The van der Waals surface area contributed by atoms with Crippen LogP contribution in [0.25, 0.3) is 11.1 Å². The molecule has 2 rings (SSSR count). The van der Waals surface area contributed by atoms with Gasteiger partial charge in [-0.2, -0.15) is 0 Å². The Morgan fingerprint density at radius 2 is 1.15 bits per heavy atom. The smallest absolute Gasteiger partial charge is 0.512 e. The number of hydrogen-bond donors (Lipinski definition) is 2. The van der Waals surface area contributed by atoms with E-state index in [9.17, 15) is 0 Å². The molecule has 2 N–H and O–H groups in total. The number of ether oxygens (including phenoxy) is 1. The lowest BCUT2D eigenvalue weighted by Gasteiger charge is -2.09. The van der Waals surface area contributed by atoms with Crippen LogP contribution in [-0.2, 0) is 0 Å². The summed E-state index contributed by atoms with van der Waals surface area (Å²) in [5, 5.41) is 17.6. The van der Waals surface area contributed by atoms with Gasteiger partial charge in [-0.05, 0) is 41.8 Å². The van der Waals surface area contributed by atoms with Gasteiger partial charge in [0, 0.05) is 0 Å². The highest BCUT2D eigenvalue weighted by Crippen LogP contribution is 2.25. The summed E-state index contributed by atoms with van der Waals surface area (Å²) >= 11 is 0. The summed E-state index contributed by atoms with van der Waals surface area (Å²) in [6, 6.07) is 15.2. The minimum Gasteiger partial charge on any atom is -0.512 e. The average molecular weight is 370 g/mol. The second kappa shape index (κ2) is 12.4. The Balaban J connectivity index is 1.67. The highest BCUT2D eigenvalue weighted by atomic mass is 16.6. The van der Waals surface area contributed by atoms with E-state index >= 15 is 0 Å². The van der Waals surface area contributed by atoms with Crippen molar-refractivity contribution in [3.8, 4) is 22.6 Å². The first-order valence-electron chi connectivity index (χ1n) is 10.0. The number of rotatable bonds is 13. The summed E-state index contributed by atoms with van der Waals surface area (Å²) in [5.41, 5.74) is 2.11. The minimum atomic E-state index is -1.80. The van der Waals surface area contributed by atoms with Crippen LogP contribution in [0.15, 0.2) is 48.5 Å². The van der Waals surface area contributed by atoms with Crippen LogP contribution >= 0.6 is 0 Å². The lowest BCUT2D eigenvalue weighted by Crippen LogP contribution is -2.20. The zero-order valence-electron chi connectivity index (χ0n) is 16.3. The topological polar surface area (TPSA) is 58.9 Å². The van der Waals surface area contributed by atoms with E-state index in [4.69, 9.17) is 19.4 Å². The molecule has 0 fully saturated rings. The minimum absolute atomic E-state index is 0.416. The largest absolute Gasteiger partial charge is 0.707 e. The standard InChI is InChI=1S/C22H31BO4/c1-2-3-4-5-6-7-8-9-18-26-21-14-10-19(11-15-21)20-12-16-22(17-13-20)27-23(24)25/h10-17,24-25H,2-9,18H2,1H3. The van der Waals surface area contributed by atoms with E-state index in [1.807, 2.05) is 36.4 Å². The molecule has 27 heavy (non-hydrogen) atoms. The molecule has 0 radical (unpaired) electrons. The number of unbranched alkanes of at least 4 members (excludes halogenated alkanes) is 7. The molecule has 5 heteroatoms. The van der Waals surface area contributed by atoms with Gasteiger partial charge in [-0.15, -0.1) is 0 Å². The van der Waals surface area contributed by atoms with Gasteiger partial charge in [-0.25, -0.2) is 0 Å². The zero-order chi connectivity index (χ0) is 19.3. The summed E-state index contributed by atoms with van der Waals surface area (Å²) in [6.07, 6.45) is 10.4. The van der Waals surface area contributed by atoms with E-state index in [2.05, 4.69) is 6.92 Å². The molecule has 0 aliphatic carbocycles. The highest BCUT2D eigenvalue weighted by molar-refractivity contribution is 6.33. The molecular weight excluding hydrogens is 339 g/mol. The molecule has 2 aromatic carbocycles. The number of benzene rings is 2. The molecule has 0 aromatic heterocycles. The molecular formula is C22H31BO4. The van der Waals surface area contributed by atoms with Gasteiger partial charge in [0.2, 0.25) is 0 Å². The second-order valence-electron chi connectivity index (χ2n) is 6.82. The van der Waals surface area contributed by atoms with Crippen molar-refractivity contribution in [1.29, 1.82) is 0 Å². The lowest BCUT2D eigenvalue weighted by atomic mass is 10.1. The van der Waals surface area contributed by atoms with Crippen LogP contribution in [0.4, 0.5) is 0 Å². The van der Waals surface area contributed by atoms with Crippen molar-refractivity contribution in [1.82, 2.24) is 0 Å². The van der Waals surface area contributed by atoms with Crippen LogP contribution in [0.3, 0.4) is 0 Å². The lowest BCUT2D eigenvalue weighted by molar-refractivity contribution is 0.288. The van der Waals surface area contributed by atoms with Gasteiger partial charge in [0.05, 0.1) is 6.61 Å². The summed E-state index contributed by atoms with van der Waals surface area (Å²) in [5.74, 6) is 1.31. The molecule has 0 amide bonds. The van der Waals surface area contributed by atoms with E-state index in [1.54, 1.807) is 12.1 Å². The van der Waals surface area contributed by atoms with Crippen molar-refractivity contribution in [3.63, 3.8) is 0 Å². The molecule has 0 unspecified atom stereocenters. The summed E-state index contributed by atoms with van der Waals surface area (Å²) in [4.78, 5) is 0. The predicted octanol–water partition coefficient (Wildman–Crippen LogP) is 5.22. The van der Waals surface area contributed by atoms with E-state index in [0.717, 1.165) is 29.9 Å². The van der Waals surface area contributed by atoms with E-state index in [-0.39, 0.29) is 0 Å². The first-order valence-corrected chi connectivity index (χ1v) is 10.0. The molecule has 0 bridgehead atoms. The van der Waals surface area contributed by atoms with Crippen LogP contribution in [0.5, 0.6) is 11.5 Å². The molecule has 0 saturated heterocycles. The van der Waals surface area contributed by atoms with E-state index in [0.29, 0.717) is 5.75 Å². The predicted molar refractivity (Wildman–Crippen MR) is 111 cm³/mol. The SMILES string of the molecule is CCCCCCCCCCOc1ccc(-c2ccc(OB(O)O)cc2)cc1. The third-order valence-electron chi connectivity index (χ3n) is 4.55. The van der Waals surface area contributed by atoms with Gasteiger partial charge in [0.1, 0.15) is 11.5 Å². The Labute approximate surface area is 163 Å². The van der Waals surface area contributed by atoms with Crippen molar-refractivity contribution >= 4 is 7.32 Å². The highest BCUT2D eigenvalue weighted by Gasteiger charge is 2.10. The van der Waals surface area contributed by atoms with Crippen molar-refractivity contribution < 1.29 is 19.4 Å². The van der Waals surface area contributed by atoms with Crippen LogP contribution in [0, 0.1) is 0 Å². The Hall–Kier alpha value is -1.98. The molecule has 0 aliphatic rings. The maximum Gasteiger partial charge on any atom is 0.707 e. The van der Waals surface area contributed by atoms with Gasteiger partial charge >= 0.3 is 7.32 Å². The molecule has 0 spiro atoms. The van der Waals surface area contributed by atoms with E-state index in [1.165, 1.54) is 44.9 Å². The normalized spacial score (nSPS) is 10.6. The van der Waals surface area contributed by atoms with Gasteiger partial charge in [0.15, 0.2) is 0 Å². The maximum absolute atomic E-state index is 8.80. The van der Waals surface area contributed by atoms with Crippen molar-refractivity contribution in [2.75, 3.05) is 6.61 Å². The van der Waals surface area contributed by atoms with Gasteiger partial charge in [-0.3, -0.25) is 0 Å². The Bertz CT molecular complexity index is 626. The van der Waals surface area contributed by atoms with Gasteiger partial charge < -0.3 is 19.4 Å². The summed E-state index contributed by atoms with van der Waals surface area (Å²) < 4.78 is 10.6. The Morgan fingerprint density at radius 1 is 0.667 bits per heavy atom. The molecule has 0 atom stereocenters. The monoisotopic (exact) mass is 370 g/mol. The van der Waals surface area contributed by atoms with Crippen LogP contribution in [0.2, 0.25) is 0 Å². The molecule has 146 valence electrons. The van der Waals surface area contributed by atoms with Crippen molar-refractivity contribution in [2.24, 2.45) is 0 Å². The third-order valence-corrected chi connectivity index (χ3v) is 4.55. The third kappa shape index (κ3) is 8.50. The van der Waals surface area contributed by atoms with Gasteiger partial charge in [-0.1, -0.05) is 76.1 Å². The zero-order valence-corrected chi connectivity index (χ0v) is 16.3. The fraction of sp³-hybridized carbons (Fsp3) is 0.455. The summed E-state index contributed by atoms with van der Waals surface area (Å²) in [7, 11) is -1.80. The van der Waals surface area contributed by atoms with Gasteiger partial charge in [0.25, 0.3) is 0 Å². The first kappa shape index (κ1) is 21.3. The van der Waals surface area contributed by atoms with Crippen molar-refractivity contribution in [3.05, 3.63) is 48.5 Å². The average Bonchev–Trinajstić information content (AvgIpc) is 2.67. The summed E-state index contributed by atoms with van der Waals surface area (Å²) in [6.45, 7) is 3.02. The molecule has 0 saturated carbocycles. The first-order chi connectivity index (χ1) is 13.2. The van der Waals surface area contributed by atoms with Crippen LogP contribution in [0.1, 0.15) is 58.3 Å².